The van der Waals surface area contributed by atoms with Gasteiger partial charge >= 0.3 is 0 Å². The van der Waals surface area contributed by atoms with E-state index >= 15 is 0 Å². The summed E-state index contributed by atoms with van der Waals surface area (Å²) in [6.45, 7) is 4.56. The van der Waals surface area contributed by atoms with E-state index in [2.05, 4.69) is 41.4 Å². The standard InChI is InChI=1S/C26H32N2O2/c1-19(22-5-3-2-4-6-22)18-27-25(29)23-9-7-20(8-10-23)17-21-13-15-28(16-14-21)26(30)24-11-12-24/h2-10,19,21,24H,11-18H2,1H3,(H,27,29). The molecule has 4 nitrogen and oxygen atoms in total. The monoisotopic (exact) mass is 404 g/mol. The fourth-order valence-electron chi connectivity index (χ4n) is 4.32. The zero-order chi connectivity index (χ0) is 20.9. The van der Waals surface area contributed by atoms with Crippen LogP contribution in [0, 0.1) is 11.8 Å². The molecule has 2 aromatic rings. The molecule has 1 N–H and O–H groups in total. The first-order valence-corrected chi connectivity index (χ1v) is 11.3. The quantitative estimate of drug-likeness (QED) is 0.743. The molecule has 1 heterocycles. The minimum absolute atomic E-state index is 0.0174. The number of amides is 2. The van der Waals surface area contributed by atoms with E-state index in [1.807, 2.05) is 30.3 Å². The van der Waals surface area contributed by atoms with Gasteiger partial charge < -0.3 is 10.2 Å². The molecule has 2 aliphatic rings. The maximum atomic E-state index is 12.5. The van der Waals surface area contributed by atoms with Crippen molar-refractivity contribution in [2.24, 2.45) is 11.8 Å². The molecule has 2 aromatic carbocycles. The number of carbonyl (C=O) groups is 2. The zero-order valence-electron chi connectivity index (χ0n) is 17.8. The van der Waals surface area contributed by atoms with Crippen LogP contribution in [0.25, 0.3) is 0 Å². The van der Waals surface area contributed by atoms with Gasteiger partial charge in [-0.1, -0.05) is 49.4 Å². The van der Waals surface area contributed by atoms with Crippen LogP contribution in [-0.2, 0) is 11.2 Å². The van der Waals surface area contributed by atoms with Gasteiger partial charge in [-0.25, -0.2) is 0 Å². The molecule has 1 aliphatic carbocycles. The number of carbonyl (C=O) groups excluding carboxylic acids is 2. The Morgan fingerprint density at radius 2 is 1.63 bits per heavy atom. The molecule has 1 unspecified atom stereocenters. The topological polar surface area (TPSA) is 49.4 Å². The van der Waals surface area contributed by atoms with E-state index in [9.17, 15) is 9.59 Å². The van der Waals surface area contributed by atoms with Gasteiger partial charge in [-0.2, -0.15) is 0 Å². The second kappa shape index (κ2) is 9.46. The van der Waals surface area contributed by atoms with Crippen molar-refractivity contribution in [3.63, 3.8) is 0 Å². The van der Waals surface area contributed by atoms with E-state index in [4.69, 9.17) is 0 Å². The number of piperidine rings is 1. The fourth-order valence-corrected chi connectivity index (χ4v) is 4.32. The molecule has 1 saturated carbocycles. The number of nitrogens with one attached hydrogen (secondary N) is 1. The van der Waals surface area contributed by atoms with Crippen LogP contribution in [0.2, 0.25) is 0 Å². The Kier molecular flexibility index (Phi) is 6.51. The summed E-state index contributed by atoms with van der Waals surface area (Å²) in [5.74, 6) is 1.60. The van der Waals surface area contributed by atoms with Gasteiger partial charge in [-0.3, -0.25) is 9.59 Å². The van der Waals surface area contributed by atoms with Crippen molar-refractivity contribution >= 4 is 11.8 Å². The minimum Gasteiger partial charge on any atom is -0.351 e. The van der Waals surface area contributed by atoms with Gasteiger partial charge in [0.15, 0.2) is 0 Å². The highest BCUT2D eigenvalue weighted by Gasteiger charge is 2.34. The number of likely N-dealkylation sites (tertiary alicyclic amines) is 1. The molecule has 2 fully saturated rings. The summed E-state index contributed by atoms with van der Waals surface area (Å²) in [6, 6.07) is 18.3. The van der Waals surface area contributed by atoms with Crippen LogP contribution in [0.1, 0.15) is 60.0 Å². The summed E-state index contributed by atoms with van der Waals surface area (Å²) in [5, 5.41) is 3.05. The van der Waals surface area contributed by atoms with Crippen molar-refractivity contribution in [3.05, 3.63) is 71.3 Å². The summed E-state index contributed by atoms with van der Waals surface area (Å²) in [5.41, 5.74) is 3.22. The Morgan fingerprint density at radius 1 is 0.967 bits per heavy atom. The van der Waals surface area contributed by atoms with Gasteiger partial charge in [0.05, 0.1) is 0 Å². The highest BCUT2D eigenvalue weighted by Crippen LogP contribution is 2.33. The Bertz CT molecular complexity index is 850. The summed E-state index contributed by atoms with van der Waals surface area (Å²) < 4.78 is 0. The Labute approximate surface area is 179 Å². The van der Waals surface area contributed by atoms with Crippen molar-refractivity contribution in [1.82, 2.24) is 10.2 Å². The van der Waals surface area contributed by atoms with Crippen LogP contribution < -0.4 is 5.32 Å². The van der Waals surface area contributed by atoms with Gasteiger partial charge in [-0.05, 0) is 67.2 Å². The first-order chi connectivity index (χ1) is 14.6. The Balaban J connectivity index is 1.23. The average Bonchev–Trinajstić information content (AvgIpc) is 3.64. The van der Waals surface area contributed by atoms with Crippen molar-refractivity contribution in [2.75, 3.05) is 19.6 Å². The van der Waals surface area contributed by atoms with Crippen LogP contribution >= 0.6 is 0 Å². The molecule has 0 radical (unpaired) electrons. The SMILES string of the molecule is CC(CNC(=O)c1ccc(CC2CCN(C(=O)C3CC3)CC2)cc1)c1ccccc1. The number of rotatable bonds is 7. The second-order valence-electron chi connectivity index (χ2n) is 8.97. The molecule has 4 rings (SSSR count). The second-order valence-corrected chi connectivity index (χ2v) is 8.97. The smallest absolute Gasteiger partial charge is 0.251 e. The predicted octanol–water partition coefficient (Wildman–Crippen LogP) is 4.41. The van der Waals surface area contributed by atoms with Gasteiger partial charge in [0, 0.05) is 31.1 Å². The summed E-state index contributed by atoms with van der Waals surface area (Å²) >= 11 is 0. The normalized spacial score (nSPS) is 18.1. The number of hydrogen-bond acceptors (Lipinski definition) is 2. The van der Waals surface area contributed by atoms with Gasteiger partial charge in [0.2, 0.25) is 5.91 Å². The molecule has 0 aromatic heterocycles. The van der Waals surface area contributed by atoms with Gasteiger partial charge in [0.25, 0.3) is 5.91 Å². The third-order valence-corrected chi connectivity index (χ3v) is 6.53. The molecular formula is C26H32N2O2. The molecule has 158 valence electrons. The first-order valence-electron chi connectivity index (χ1n) is 11.3. The van der Waals surface area contributed by atoms with Crippen molar-refractivity contribution < 1.29 is 9.59 Å². The van der Waals surface area contributed by atoms with Gasteiger partial charge in [-0.15, -0.1) is 0 Å². The maximum absolute atomic E-state index is 12.5. The van der Waals surface area contributed by atoms with Gasteiger partial charge in [0.1, 0.15) is 0 Å². The van der Waals surface area contributed by atoms with E-state index in [-0.39, 0.29) is 11.8 Å². The van der Waals surface area contributed by atoms with Crippen molar-refractivity contribution in [1.29, 1.82) is 0 Å². The highest BCUT2D eigenvalue weighted by molar-refractivity contribution is 5.94. The fraction of sp³-hybridized carbons (Fsp3) is 0.462. The summed E-state index contributed by atoms with van der Waals surface area (Å²) in [6.07, 6.45) is 5.36. The lowest BCUT2D eigenvalue weighted by atomic mass is 9.89. The van der Waals surface area contributed by atoms with Crippen LogP contribution in [0.5, 0.6) is 0 Å². The molecule has 0 bridgehead atoms. The van der Waals surface area contributed by atoms with E-state index in [1.54, 1.807) is 0 Å². The molecule has 1 saturated heterocycles. The first kappa shape index (κ1) is 20.6. The molecule has 30 heavy (non-hydrogen) atoms. The zero-order valence-corrected chi connectivity index (χ0v) is 17.8. The van der Waals surface area contributed by atoms with Crippen LogP contribution in [0.15, 0.2) is 54.6 Å². The summed E-state index contributed by atoms with van der Waals surface area (Å²) in [4.78, 5) is 26.8. The molecule has 1 aliphatic heterocycles. The Morgan fingerprint density at radius 3 is 2.27 bits per heavy atom. The highest BCUT2D eigenvalue weighted by atomic mass is 16.2. The van der Waals surface area contributed by atoms with Crippen LogP contribution in [0.4, 0.5) is 0 Å². The largest absolute Gasteiger partial charge is 0.351 e. The lowest BCUT2D eigenvalue weighted by Crippen LogP contribution is -2.39. The van der Waals surface area contributed by atoms with Crippen molar-refractivity contribution in [2.45, 2.75) is 44.9 Å². The van der Waals surface area contributed by atoms with Crippen LogP contribution in [-0.4, -0.2) is 36.3 Å². The number of benzene rings is 2. The molecule has 2 amide bonds. The predicted molar refractivity (Wildman–Crippen MR) is 119 cm³/mol. The van der Waals surface area contributed by atoms with E-state index < -0.39 is 0 Å². The lowest BCUT2D eigenvalue weighted by molar-refractivity contribution is -0.133. The minimum atomic E-state index is -0.0174. The molecule has 0 spiro atoms. The molecular weight excluding hydrogens is 372 g/mol. The number of hydrogen-bond donors (Lipinski definition) is 1. The Hall–Kier alpha value is -2.62. The third kappa shape index (κ3) is 5.29. The van der Waals surface area contributed by atoms with E-state index in [1.165, 1.54) is 11.1 Å². The van der Waals surface area contributed by atoms with E-state index in [0.717, 1.165) is 45.2 Å². The summed E-state index contributed by atoms with van der Waals surface area (Å²) in [7, 11) is 0. The molecule has 1 atom stereocenters. The lowest BCUT2D eigenvalue weighted by Gasteiger charge is -2.32. The van der Waals surface area contributed by atoms with E-state index in [0.29, 0.717) is 29.9 Å². The maximum Gasteiger partial charge on any atom is 0.251 e. The van der Waals surface area contributed by atoms with Crippen molar-refractivity contribution in [3.8, 4) is 0 Å². The molecule has 4 heteroatoms. The third-order valence-electron chi connectivity index (χ3n) is 6.53. The average molecular weight is 405 g/mol. The number of nitrogens with zero attached hydrogens (tertiary/aromatic N) is 1. The van der Waals surface area contributed by atoms with Crippen LogP contribution in [0.3, 0.4) is 0 Å².